The van der Waals surface area contributed by atoms with E-state index in [-0.39, 0.29) is 31.5 Å². The van der Waals surface area contributed by atoms with Crippen LogP contribution in [0.4, 0.5) is 16.2 Å². The molecule has 4 aliphatic heterocycles. The molecule has 0 bridgehead atoms. The van der Waals surface area contributed by atoms with E-state index in [9.17, 15) is 25.0 Å². The highest BCUT2D eigenvalue weighted by molar-refractivity contribution is 5.67. The lowest BCUT2D eigenvalue weighted by Crippen LogP contribution is -2.51. The van der Waals surface area contributed by atoms with Crippen LogP contribution in [0, 0.1) is 20.2 Å². The second kappa shape index (κ2) is 12.9. The van der Waals surface area contributed by atoms with Crippen molar-refractivity contribution in [2.24, 2.45) is 0 Å². The topological polar surface area (TPSA) is 165 Å². The lowest BCUT2D eigenvalue weighted by molar-refractivity contribution is -0.385. The molecule has 1 N–H and O–H groups in total. The van der Waals surface area contributed by atoms with Gasteiger partial charge in [0.15, 0.2) is 23.0 Å². The number of piperidine rings is 2. The Balaban J connectivity index is 0.000000192. The smallest absolute Gasteiger partial charge is 0.410 e. The van der Waals surface area contributed by atoms with Gasteiger partial charge in [-0.25, -0.2) is 4.79 Å². The van der Waals surface area contributed by atoms with Gasteiger partial charge in [-0.3, -0.25) is 20.2 Å². The first-order valence-corrected chi connectivity index (χ1v) is 14.2. The first kappa shape index (κ1) is 31.3. The predicted molar refractivity (Wildman–Crippen MR) is 160 cm³/mol. The third-order valence-corrected chi connectivity index (χ3v) is 7.81. The van der Waals surface area contributed by atoms with Gasteiger partial charge in [0.2, 0.25) is 0 Å². The molecule has 0 aromatic heterocycles. The number of hydrogen-bond donors (Lipinski definition) is 1. The van der Waals surface area contributed by atoms with Gasteiger partial charge in [0.05, 0.1) is 22.0 Å². The van der Waals surface area contributed by atoms with Gasteiger partial charge in [0, 0.05) is 64.0 Å². The van der Waals surface area contributed by atoms with E-state index in [0.717, 1.165) is 31.5 Å². The van der Waals surface area contributed by atoms with Crippen LogP contribution in [0.5, 0.6) is 23.0 Å². The minimum atomic E-state index is -0.881. The first-order valence-electron chi connectivity index (χ1n) is 14.2. The molecular formula is C31H34N4O10. The highest BCUT2D eigenvalue weighted by Gasteiger charge is 2.46. The minimum Gasteiger partial charge on any atom is -0.448 e. The first-order chi connectivity index (χ1) is 21.2. The average Bonchev–Trinajstić information content (AvgIpc) is 3.57. The summed E-state index contributed by atoms with van der Waals surface area (Å²) in [6.45, 7) is 2.73. The largest absolute Gasteiger partial charge is 0.448 e. The Morgan fingerprint density at radius 1 is 0.756 bits per heavy atom. The molecule has 1 amide bonds. The highest BCUT2D eigenvalue weighted by Crippen LogP contribution is 2.46. The van der Waals surface area contributed by atoms with E-state index >= 15 is 0 Å². The van der Waals surface area contributed by atoms with E-state index in [4.69, 9.17) is 23.7 Å². The maximum Gasteiger partial charge on any atom is 0.410 e. The summed E-state index contributed by atoms with van der Waals surface area (Å²) in [5.74, 6) is 0.417. The molecule has 14 heteroatoms. The summed E-state index contributed by atoms with van der Waals surface area (Å²) in [6, 6.07) is 18.2. The zero-order valence-electron chi connectivity index (χ0n) is 23.6. The summed E-state index contributed by atoms with van der Waals surface area (Å²) in [5, 5.41) is 24.8. The van der Waals surface area contributed by atoms with E-state index < -0.39 is 21.4 Å². The molecule has 3 aromatic rings. The van der Waals surface area contributed by atoms with Gasteiger partial charge < -0.3 is 33.9 Å². The van der Waals surface area contributed by atoms with E-state index in [2.05, 4.69) is 5.32 Å². The van der Waals surface area contributed by atoms with Crippen molar-refractivity contribution < 1.29 is 38.3 Å². The Kier molecular flexibility index (Phi) is 8.95. The number of non-ortho nitro benzene ring substituents is 2. The summed E-state index contributed by atoms with van der Waals surface area (Å²) in [4.78, 5) is 34.5. The van der Waals surface area contributed by atoms with Gasteiger partial charge in [0.25, 0.3) is 22.9 Å². The summed E-state index contributed by atoms with van der Waals surface area (Å²) >= 11 is 0. The van der Waals surface area contributed by atoms with Crippen LogP contribution in [-0.2, 0) is 11.3 Å². The van der Waals surface area contributed by atoms with Gasteiger partial charge in [-0.2, -0.15) is 0 Å². The number of nitrogens with zero attached hydrogens (tertiary/aromatic N) is 3. The van der Waals surface area contributed by atoms with Gasteiger partial charge >= 0.3 is 6.09 Å². The molecule has 4 aliphatic rings. The van der Waals surface area contributed by atoms with Crippen LogP contribution < -0.4 is 24.3 Å². The number of nitrogens with one attached hydrogen (secondary N) is 1. The third kappa shape index (κ3) is 6.85. The Hall–Kier alpha value is -5.11. The monoisotopic (exact) mass is 622 g/mol. The molecule has 7 rings (SSSR count). The van der Waals surface area contributed by atoms with Gasteiger partial charge in [-0.05, 0) is 17.7 Å². The number of carbonyl (C=O) groups is 1. The molecule has 0 unspecified atom stereocenters. The van der Waals surface area contributed by atoms with Crippen molar-refractivity contribution in [3.05, 3.63) is 92.5 Å². The van der Waals surface area contributed by atoms with Crippen LogP contribution in [0.25, 0.3) is 0 Å². The van der Waals surface area contributed by atoms with Crippen LogP contribution in [0.3, 0.4) is 0 Å². The van der Waals surface area contributed by atoms with E-state index in [1.807, 2.05) is 30.3 Å². The zero-order valence-corrected chi connectivity index (χ0v) is 23.6. The van der Waals surface area contributed by atoms with Crippen molar-refractivity contribution in [1.82, 2.24) is 10.2 Å². The molecule has 2 fully saturated rings. The number of carbonyl (C=O) groups excluding carboxylic acids is 1. The fourth-order valence-corrected chi connectivity index (χ4v) is 5.45. The van der Waals surface area contributed by atoms with E-state index in [0.29, 0.717) is 48.9 Å². The summed E-state index contributed by atoms with van der Waals surface area (Å²) < 4.78 is 28.7. The van der Waals surface area contributed by atoms with E-state index in [1.54, 1.807) is 17.0 Å². The molecule has 14 nitrogen and oxygen atoms in total. The Morgan fingerprint density at radius 3 is 1.76 bits per heavy atom. The van der Waals surface area contributed by atoms with Crippen LogP contribution in [0.15, 0.2) is 66.7 Å². The molecule has 45 heavy (non-hydrogen) atoms. The van der Waals surface area contributed by atoms with E-state index in [1.165, 1.54) is 24.3 Å². The fourth-order valence-electron chi connectivity index (χ4n) is 5.45. The van der Waals surface area contributed by atoms with Crippen LogP contribution in [-0.4, -0.2) is 58.6 Å². The van der Waals surface area contributed by atoms with Crippen molar-refractivity contribution in [3.8, 4) is 23.0 Å². The molecule has 4 heterocycles. The maximum atomic E-state index is 12.3. The molecule has 0 atom stereocenters. The van der Waals surface area contributed by atoms with Crippen LogP contribution in [0.1, 0.15) is 38.7 Å². The molecule has 0 aliphatic carbocycles. The third-order valence-electron chi connectivity index (χ3n) is 7.81. The molecule has 0 saturated carbocycles. The lowest BCUT2D eigenvalue weighted by Gasteiger charge is -2.36. The molecule has 3 aromatic carbocycles. The maximum absolute atomic E-state index is 12.3. The zero-order chi connectivity index (χ0) is 30.7. The summed E-state index contributed by atoms with van der Waals surface area (Å²) in [7, 11) is 0. The number of amides is 1. The Labute approximate surface area is 259 Å². The standard InChI is InChI=1S/C19H18N2O6.C11H12N2O4.CH4/c22-18(25-13-14-4-2-1-3-5-14)20-10-8-19(9-11-20)26-16-7-6-15(21(23)24)12-17(16)27-19;14-13(15)8-1-2-9-10(7-8)17-11(16-9)3-5-12-6-4-11;/h1-7,12H,8-11,13H2;1-2,7,12H,3-6H2;1H4. The molecule has 0 radical (unpaired) electrons. The quantitative estimate of drug-likeness (QED) is 0.285. The second-order valence-corrected chi connectivity index (χ2v) is 10.8. The number of ether oxygens (including phenoxy) is 5. The van der Waals surface area contributed by atoms with Crippen LogP contribution >= 0.6 is 0 Å². The summed E-state index contributed by atoms with van der Waals surface area (Å²) in [6.07, 6.45) is 2.02. The minimum absolute atomic E-state index is 0. The molecule has 2 spiro atoms. The number of fused-ring (bicyclic) bond motifs is 2. The van der Waals surface area contributed by atoms with Crippen molar-refractivity contribution >= 4 is 17.5 Å². The lowest BCUT2D eigenvalue weighted by atomic mass is 10.0. The Bertz CT molecular complexity index is 1550. The molecule has 238 valence electrons. The van der Waals surface area contributed by atoms with Crippen molar-refractivity contribution in [1.29, 1.82) is 0 Å². The van der Waals surface area contributed by atoms with Gasteiger partial charge in [-0.15, -0.1) is 0 Å². The second-order valence-electron chi connectivity index (χ2n) is 10.8. The van der Waals surface area contributed by atoms with Crippen molar-refractivity contribution in [2.45, 2.75) is 51.3 Å². The van der Waals surface area contributed by atoms with Crippen LogP contribution in [0.2, 0.25) is 0 Å². The number of nitro benzene ring substituents is 2. The number of likely N-dealkylation sites (tertiary alicyclic amines) is 1. The molecular weight excluding hydrogens is 588 g/mol. The van der Waals surface area contributed by atoms with Crippen molar-refractivity contribution in [3.63, 3.8) is 0 Å². The van der Waals surface area contributed by atoms with Gasteiger partial charge in [0.1, 0.15) is 6.61 Å². The number of rotatable bonds is 4. The summed E-state index contributed by atoms with van der Waals surface area (Å²) in [5.41, 5.74) is 0.911. The Morgan fingerprint density at radius 2 is 1.24 bits per heavy atom. The highest BCUT2D eigenvalue weighted by atomic mass is 16.7. The average molecular weight is 623 g/mol. The number of benzene rings is 3. The van der Waals surface area contributed by atoms with Crippen molar-refractivity contribution in [2.75, 3.05) is 26.2 Å². The van der Waals surface area contributed by atoms with Gasteiger partial charge in [-0.1, -0.05) is 37.8 Å². The SMILES string of the molecule is C.O=C(OCc1ccccc1)N1CCC2(CC1)Oc1ccc([N+](=O)[O-])cc1O2.O=[N+]([O-])c1ccc2c(c1)OC1(CCNCC1)O2. The predicted octanol–water partition coefficient (Wildman–Crippen LogP) is 5.58. The normalized spacial score (nSPS) is 17.9. The number of hydrogen-bond acceptors (Lipinski definition) is 11. The number of nitro groups is 2. The fraction of sp³-hybridized carbons (Fsp3) is 0.387. The molecule has 2 saturated heterocycles.